The predicted octanol–water partition coefficient (Wildman–Crippen LogP) is 4.02. The molecule has 2 aliphatic rings. The number of fused-ring (bicyclic) bond motifs is 1. The van der Waals surface area contributed by atoms with Gasteiger partial charge in [-0.3, -0.25) is 9.69 Å². The number of ether oxygens (including phenoxy) is 1. The minimum Gasteiger partial charge on any atom is -0.488 e. The third kappa shape index (κ3) is 4.93. The normalized spacial score (nSPS) is 21.0. The maximum atomic E-state index is 13.4. The smallest absolute Gasteiger partial charge is 0.404 e. The Hall–Kier alpha value is -3.65. The Balaban J connectivity index is 1.43. The summed E-state index contributed by atoms with van der Waals surface area (Å²) in [5, 5.41) is 16.5. The van der Waals surface area contributed by atoms with Crippen molar-refractivity contribution in [2.45, 2.75) is 44.0 Å². The standard InChI is InChI=1S/C24H23F3N6O2/c1-32-6-5-18(11-21(32)24(25,26)27)35-20-13-29-16(12-28)9-19(20)15-4-7-33-17(8-15)10-22(31-33)30-23(34)14-2-3-14/h4,7-10,13-14,18,21H,2-3,5-6,11H2,1H3,(H,30,31,34)/t18-,21+/m0/s1. The summed E-state index contributed by atoms with van der Waals surface area (Å²) < 4.78 is 48.0. The Morgan fingerprint density at radius 1 is 1.26 bits per heavy atom. The third-order valence-corrected chi connectivity index (χ3v) is 6.45. The van der Waals surface area contributed by atoms with E-state index in [1.165, 1.54) is 18.1 Å². The van der Waals surface area contributed by atoms with E-state index in [-0.39, 0.29) is 30.5 Å². The number of likely N-dealkylation sites (tertiary alicyclic amines) is 1. The Kier molecular flexibility index (Phi) is 5.84. The fourth-order valence-electron chi connectivity index (χ4n) is 4.34. The second kappa shape index (κ2) is 8.85. The topological polar surface area (TPSA) is 95.6 Å². The molecule has 4 heterocycles. The van der Waals surface area contributed by atoms with E-state index in [0.717, 1.165) is 12.8 Å². The summed E-state index contributed by atoms with van der Waals surface area (Å²) in [6.45, 7) is 0.255. The molecule has 0 aromatic carbocycles. The highest BCUT2D eigenvalue weighted by atomic mass is 19.4. The highest BCUT2D eigenvalue weighted by Gasteiger charge is 2.46. The molecule has 8 nitrogen and oxygen atoms in total. The quantitative estimate of drug-likeness (QED) is 0.588. The molecule has 11 heteroatoms. The number of pyridine rings is 2. The van der Waals surface area contributed by atoms with Gasteiger partial charge < -0.3 is 10.1 Å². The van der Waals surface area contributed by atoms with Crippen LogP contribution in [0.5, 0.6) is 5.75 Å². The van der Waals surface area contributed by atoms with Crippen molar-refractivity contribution in [2.24, 2.45) is 5.92 Å². The number of piperidine rings is 1. The number of rotatable bonds is 5. The summed E-state index contributed by atoms with van der Waals surface area (Å²) in [5.41, 5.74) is 2.10. The lowest BCUT2D eigenvalue weighted by Crippen LogP contribution is -2.51. The van der Waals surface area contributed by atoms with Crippen LogP contribution in [0.2, 0.25) is 0 Å². The van der Waals surface area contributed by atoms with Gasteiger partial charge in [0.25, 0.3) is 0 Å². The Morgan fingerprint density at radius 3 is 2.77 bits per heavy atom. The lowest BCUT2D eigenvalue weighted by molar-refractivity contribution is -0.194. The van der Waals surface area contributed by atoms with Gasteiger partial charge in [-0.25, -0.2) is 9.50 Å². The molecule has 35 heavy (non-hydrogen) atoms. The Bertz CT molecular complexity index is 1310. The van der Waals surface area contributed by atoms with Gasteiger partial charge in [-0.05, 0) is 50.1 Å². The van der Waals surface area contributed by atoms with Crippen molar-refractivity contribution in [3.8, 4) is 22.9 Å². The number of nitriles is 1. The van der Waals surface area contributed by atoms with Crippen LogP contribution in [0.25, 0.3) is 16.6 Å². The number of hydrogen-bond donors (Lipinski definition) is 1. The van der Waals surface area contributed by atoms with Gasteiger partial charge in [-0.15, -0.1) is 0 Å². The van der Waals surface area contributed by atoms with E-state index >= 15 is 0 Å². The minimum absolute atomic E-state index is 0.0487. The molecule has 0 spiro atoms. The number of nitrogens with zero attached hydrogens (tertiary/aromatic N) is 5. The average molecular weight is 484 g/mol. The Labute approximate surface area is 199 Å². The molecule has 5 rings (SSSR count). The molecule has 1 aliphatic carbocycles. The van der Waals surface area contributed by atoms with Crippen LogP contribution < -0.4 is 10.1 Å². The van der Waals surface area contributed by atoms with Crippen LogP contribution in [0.15, 0.2) is 36.7 Å². The van der Waals surface area contributed by atoms with Crippen molar-refractivity contribution < 1.29 is 22.7 Å². The summed E-state index contributed by atoms with van der Waals surface area (Å²) in [7, 11) is 1.46. The molecule has 1 amide bonds. The molecule has 0 radical (unpaired) electrons. The first-order chi connectivity index (χ1) is 16.7. The van der Waals surface area contributed by atoms with Gasteiger partial charge in [0.2, 0.25) is 5.91 Å². The zero-order valence-electron chi connectivity index (χ0n) is 18.9. The lowest BCUT2D eigenvalue weighted by atomic mass is 9.99. The number of aromatic nitrogens is 3. The van der Waals surface area contributed by atoms with Crippen LogP contribution in [0.4, 0.5) is 19.0 Å². The van der Waals surface area contributed by atoms with E-state index in [1.54, 1.807) is 28.9 Å². The first kappa shape index (κ1) is 23.1. The fourth-order valence-corrected chi connectivity index (χ4v) is 4.34. The van der Waals surface area contributed by atoms with Gasteiger partial charge in [-0.1, -0.05) is 0 Å². The van der Waals surface area contributed by atoms with Gasteiger partial charge >= 0.3 is 6.18 Å². The van der Waals surface area contributed by atoms with Crippen LogP contribution in [0, 0.1) is 17.2 Å². The summed E-state index contributed by atoms with van der Waals surface area (Å²) >= 11 is 0. The van der Waals surface area contributed by atoms with Crippen LogP contribution in [-0.2, 0) is 4.79 Å². The van der Waals surface area contributed by atoms with E-state index in [9.17, 15) is 23.2 Å². The number of carbonyl (C=O) groups is 1. The molecular weight excluding hydrogens is 461 g/mol. The van der Waals surface area contributed by atoms with E-state index in [2.05, 4.69) is 15.4 Å². The minimum atomic E-state index is -4.35. The van der Waals surface area contributed by atoms with Crippen molar-refractivity contribution in [1.82, 2.24) is 19.5 Å². The van der Waals surface area contributed by atoms with Gasteiger partial charge in [-0.2, -0.15) is 23.5 Å². The molecular formula is C24H23F3N6O2. The zero-order valence-corrected chi connectivity index (χ0v) is 18.9. The Morgan fingerprint density at radius 2 is 2.06 bits per heavy atom. The predicted molar refractivity (Wildman–Crippen MR) is 121 cm³/mol. The summed E-state index contributed by atoms with van der Waals surface area (Å²) in [6.07, 6.45) is 0.128. The molecule has 1 N–H and O–H groups in total. The van der Waals surface area contributed by atoms with Crippen molar-refractivity contribution in [3.63, 3.8) is 0 Å². The largest absolute Gasteiger partial charge is 0.488 e. The van der Waals surface area contributed by atoms with Gasteiger partial charge in [0.05, 0.1) is 11.7 Å². The van der Waals surface area contributed by atoms with E-state index in [4.69, 9.17) is 4.74 Å². The summed E-state index contributed by atoms with van der Waals surface area (Å²) in [6, 6.07) is 7.29. The van der Waals surface area contributed by atoms with Crippen molar-refractivity contribution in [2.75, 3.05) is 18.9 Å². The molecule has 0 bridgehead atoms. The van der Waals surface area contributed by atoms with Crippen LogP contribution in [0.3, 0.4) is 0 Å². The first-order valence-electron chi connectivity index (χ1n) is 11.4. The SMILES string of the molecule is CN1CC[C@H](Oc2cnc(C#N)cc2-c2ccn3nc(NC(=O)C4CC4)cc3c2)C[C@@H]1C(F)(F)F. The second-order valence-electron chi connectivity index (χ2n) is 9.06. The molecule has 2 atom stereocenters. The highest BCUT2D eigenvalue weighted by molar-refractivity contribution is 5.93. The van der Waals surface area contributed by atoms with E-state index < -0.39 is 18.3 Å². The molecule has 2 fully saturated rings. The van der Waals surface area contributed by atoms with E-state index in [1.807, 2.05) is 12.1 Å². The molecule has 182 valence electrons. The molecule has 1 saturated carbocycles. The molecule has 1 aliphatic heterocycles. The van der Waals surface area contributed by atoms with Gasteiger partial charge in [0.15, 0.2) is 5.82 Å². The van der Waals surface area contributed by atoms with E-state index in [0.29, 0.717) is 34.6 Å². The molecule has 0 unspecified atom stereocenters. The second-order valence-corrected chi connectivity index (χ2v) is 9.06. The first-order valence-corrected chi connectivity index (χ1v) is 11.4. The number of amides is 1. The van der Waals surface area contributed by atoms with Gasteiger partial charge in [0.1, 0.15) is 29.7 Å². The maximum Gasteiger partial charge on any atom is 0.404 e. The third-order valence-electron chi connectivity index (χ3n) is 6.45. The average Bonchev–Trinajstić information content (AvgIpc) is 3.60. The number of hydrogen-bond acceptors (Lipinski definition) is 6. The van der Waals surface area contributed by atoms with Crippen LogP contribution in [0.1, 0.15) is 31.4 Å². The maximum absolute atomic E-state index is 13.4. The zero-order chi connectivity index (χ0) is 24.7. The number of anilines is 1. The highest BCUT2D eigenvalue weighted by Crippen LogP contribution is 2.36. The monoisotopic (exact) mass is 484 g/mol. The fraction of sp³-hybridized carbons (Fsp3) is 0.417. The number of halogens is 3. The summed E-state index contributed by atoms with van der Waals surface area (Å²) in [4.78, 5) is 17.4. The summed E-state index contributed by atoms with van der Waals surface area (Å²) in [5.74, 6) is 0.748. The van der Waals surface area contributed by atoms with Crippen molar-refractivity contribution in [3.05, 3.63) is 42.4 Å². The number of nitrogens with one attached hydrogen (secondary N) is 1. The lowest BCUT2D eigenvalue weighted by Gasteiger charge is -2.38. The van der Waals surface area contributed by atoms with Crippen molar-refractivity contribution in [1.29, 1.82) is 5.26 Å². The van der Waals surface area contributed by atoms with Crippen LogP contribution >= 0.6 is 0 Å². The van der Waals surface area contributed by atoms with Crippen LogP contribution in [-0.4, -0.2) is 57.3 Å². The number of carbonyl (C=O) groups excluding carboxylic acids is 1. The molecule has 1 saturated heterocycles. The number of alkyl halides is 3. The molecule has 3 aromatic heterocycles. The molecule has 3 aromatic rings. The van der Waals surface area contributed by atoms with Crippen molar-refractivity contribution >= 4 is 17.2 Å². The van der Waals surface area contributed by atoms with Gasteiger partial charge in [0, 0.05) is 36.7 Å².